The molecule has 1 heterocycles. The largest absolute Gasteiger partial charge is 0.310 e. The molecule has 0 unspecified atom stereocenters. The summed E-state index contributed by atoms with van der Waals surface area (Å²) >= 11 is 5.99. The zero-order chi connectivity index (χ0) is 16.1. The number of nitriles is 1. The molecule has 1 aliphatic rings. The van der Waals surface area contributed by atoms with Gasteiger partial charge < -0.3 is 5.32 Å². The lowest BCUT2D eigenvalue weighted by Crippen LogP contribution is -2.25. The molecule has 0 atom stereocenters. The number of benzene rings is 1. The van der Waals surface area contributed by atoms with E-state index in [9.17, 15) is 0 Å². The monoisotopic (exact) mass is 328 g/mol. The van der Waals surface area contributed by atoms with Gasteiger partial charge in [0, 0.05) is 34.9 Å². The number of hydrogen-bond acceptors (Lipinski definition) is 3. The van der Waals surface area contributed by atoms with Gasteiger partial charge in [-0.05, 0) is 25.0 Å². The van der Waals surface area contributed by atoms with Crippen LogP contribution in [-0.2, 0) is 13.1 Å². The molecule has 120 valence electrons. The van der Waals surface area contributed by atoms with Gasteiger partial charge >= 0.3 is 0 Å². The third kappa shape index (κ3) is 4.13. The maximum absolute atomic E-state index is 8.78. The summed E-state index contributed by atoms with van der Waals surface area (Å²) in [5.74, 6) is 0. The summed E-state index contributed by atoms with van der Waals surface area (Å²) in [6.07, 6.45) is 7.70. The van der Waals surface area contributed by atoms with E-state index in [0.717, 1.165) is 22.8 Å². The third-order valence-corrected chi connectivity index (χ3v) is 4.60. The molecule has 1 N–H and O–H groups in total. The molecule has 4 nitrogen and oxygen atoms in total. The molecule has 5 heteroatoms. The van der Waals surface area contributed by atoms with Crippen molar-refractivity contribution in [1.82, 2.24) is 15.1 Å². The molecule has 0 saturated heterocycles. The number of aromatic nitrogens is 2. The van der Waals surface area contributed by atoms with E-state index in [-0.39, 0.29) is 0 Å². The zero-order valence-electron chi connectivity index (χ0n) is 13.1. The van der Waals surface area contributed by atoms with Gasteiger partial charge in [-0.15, -0.1) is 0 Å². The average molecular weight is 329 g/mol. The molecule has 3 rings (SSSR count). The number of nitrogens with one attached hydrogen (secondary N) is 1. The first-order chi connectivity index (χ1) is 11.3. The molecule has 1 aromatic heterocycles. The Morgan fingerprint density at radius 1 is 1.26 bits per heavy atom. The predicted molar refractivity (Wildman–Crippen MR) is 92.0 cm³/mol. The quantitative estimate of drug-likeness (QED) is 0.866. The van der Waals surface area contributed by atoms with E-state index < -0.39 is 0 Å². The molecule has 0 aliphatic heterocycles. The highest BCUT2D eigenvalue weighted by Crippen LogP contribution is 2.25. The van der Waals surface area contributed by atoms with Gasteiger partial charge in [0.15, 0.2) is 0 Å². The highest BCUT2D eigenvalue weighted by molar-refractivity contribution is 6.30. The summed E-state index contributed by atoms with van der Waals surface area (Å²) in [7, 11) is 0. The number of hydrogen-bond donors (Lipinski definition) is 1. The third-order valence-electron chi connectivity index (χ3n) is 4.34. The van der Waals surface area contributed by atoms with Crippen LogP contribution in [0, 0.1) is 11.3 Å². The van der Waals surface area contributed by atoms with Gasteiger partial charge in [-0.25, -0.2) is 0 Å². The predicted octanol–water partition coefficient (Wildman–Crippen LogP) is 4.15. The van der Waals surface area contributed by atoms with Gasteiger partial charge in [0.2, 0.25) is 0 Å². The second-order valence-corrected chi connectivity index (χ2v) is 6.48. The maximum Gasteiger partial charge on any atom is 0.0968 e. The highest BCUT2D eigenvalue weighted by Gasteiger charge is 2.16. The van der Waals surface area contributed by atoms with Gasteiger partial charge in [-0.3, -0.25) is 4.68 Å². The normalized spacial score (nSPS) is 15.0. The molecule has 0 amide bonds. The Bertz CT molecular complexity index is 678. The fourth-order valence-corrected chi connectivity index (χ4v) is 3.23. The number of rotatable bonds is 6. The molecule has 23 heavy (non-hydrogen) atoms. The Kier molecular flexibility index (Phi) is 5.32. The van der Waals surface area contributed by atoms with Crippen LogP contribution >= 0.6 is 11.6 Å². The molecule has 0 spiro atoms. The lowest BCUT2D eigenvalue weighted by molar-refractivity contribution is 0.524. The number of aryl methyl sites for hydroxylation is 1. The molecule has 1 aliphatic carbocycles. The van der Waals surface area contributed by atoms with Crippen LogP contribution in [0.15, 0.2) is 30.5 Å². The van der Waals surface area contributed by atoms with E-state index >= 15 is 0 Å². The van der Waals surface area contributed by atoms with Gasteiger partial charge in [0.05, 0.1) is 24.7 Å². The second-order valence-electron chi connectivity index (χ2n) is 6.04. The molecule has 1 fully saturated rings. The maximum atomic E-state index is 8.78. The summed E-state index contributed by atoms with van der Waals surface area (Å²) in [5, 5.41) is 17.8. The van der Waals surface area contributed by atoms with Crippen LogP contribution in [0.4, 0.5) is 0 Å². The SMILES string of the molecule is N#CCCn1cc(CNC2CCCC2)c(-c2ccc(Cl)cc2)n1. The Balaban J connectivity index is 1.80. The molecular weight excluding hydrogens is 308 g/mol. The lowest BCUT2D eigenvalue weighted by atomic mass is 10.1. The van der Waals surface area contributed by atoms with Crippen LogP contribution < -0.4 is 5.32 Å². The standard InChI is InChI=1S/C18H21ClN4/c19-16-8-6-14(7-9-16)18-15(12-21-17-4-1-2-5-17)13-23(22-18)11-3-10-20/h6-9,13,17,21H,1-5,11-12H2. The smallest absolute Gasteiger partial charge is 0.0968 e. The zero-order valence-corrected chi connectivity index (χ0v) is 13.9. The molecule has 2 aromatic rings. The van der Waals surface area contributed by atoms with Gasteiger partial charge in [0.25, 0.3) is 0 Å². The molecule has 1 aromatic carbocycles. The first kappa shape index (κ1) is 16.0. The van der Waals surface area contributed by atoms with Crippen molar-refractivity contribution < 1.29 is 0 Å². The minimum atomic E-state index is 0.469. The highest BCUT2D eigenvalue weighted by atomic mass is 35.5. The van der Waals surface area contributed by atoms with Crippen LogP contribution in [0.3, 0.4) is 0 Å². The van der Waals surface area contributed by atoms with E-state index in [2.05, 4.69) is 22.7 Å². The van der Waals surface area contributed by atoms with Gasteiger partial charge in [0.1, 0.15) is 0 Å². The first-order valence-electron chi connectivity index (χ1n) is 8.19. The van der Waals surface area contributed by atoms with Crippen LogP contribution in [0.25, 0.3) is 11.3 Å². The molecule has 0 radical (unpaired) electrons. The number of halogens is 1. The van der Waals surface area contributed by atoms with Gasteiger partial charge in [-0.1, -0.05) is 36.6 Å². The minimum absolute atomic E-state index is 0.469. The second kappa shape index (κ2) is 7.63. The minimum Gasteiger partial charge on any atom is -0.310 e. The van der Waals surface area contributed by atoms with Crippen molar-refractivity contribution in [3.8, 4) is 17.3 Å². The van der Waals surface area contributed by atoms with E-state index in [1.165, 1.54) is 31.2 Å². The lowest BCUT2D eigenvalue weighted by Gasteiger charge is -2.11. The topological polar surface area (TPSA) is 53.6 Å². The Morgan fingerprint density at radius 3 is 2.70 bits per heavy atom. The van der Waals surface area contributed by atoms with Crippen molar-refractivity contribution in [1.29, 1.82) is 5.26 Å². The Labute approximate surface area is 142 Å². The van der Waals surface area contributed by atoms with E-state index in [1.54, 1.807) is 0 Å². The van der Waals surface area contributed by atoms with Crippen molar-refractivity contribution in [2.75, 3.05) is 0 Å². The van der Waals surface area contributed by atoms with Crippen LogP contribution in [0.1, 0.15) is 37.7 Å². The van der Waals surface area contributed by atoms with E-state index in [0.29, 0.717) is 19.0 Å². The van der Waals surface area contributed by atoms with Crippen LogP contribution in [0.5, 0.6) is 0 Å². The molecular formula is C18H21ClN4. The number of nitrogens with zero attached hydrogens (tertiary/aromatic N) is 3. The fraction of sp³-hybridized carbons (Fsp3) is 0.444. The van der Waals surface area contributed by atoms with E-state index in [1.807, 2.05) is 28.9 Å². The Hall–Kier alpha value is -1.83. The fourth-order valence-electron chi connectivity index (χ4n) is 3.11. The van der Waals surface area contributed by atoms with Crippen molar-refractivity contribution >= 4 is 11.6 Å². The van der Waals surface area contributed by atoms with Crippen molar-refractivity contribution in [3.63, 3.8) is 0 Å². The van der Waals surface area contributed by atoms with Crippen LogP contribution in [-0.4, -0.2) is 15.8 Å². The Morgan fingerprint density at radius 2 is 2.00 bits per heavy atom. The average Bonchev–Trinajstić information content (AvgIpc) is 3.21. The van der Waals surface area contributed by atoms with Crippen LogP contribution in [0.2, 0.25) is 5.02 Å². The van der Waals surface area contributed by atoms with Gasteiger partial charge in [-0.2, -0.15) is 10.4 Å². The summed E-state index contributed by atoms with van der Waals surface area (Å²) < 4.78 is 1.87. The summed E-state index contributed by atoms with van der Waals surface area (Å²) in [5.41, 5.74) is 3.22. The molecule has 0 bridgehead atoms. The molecule has 1 saturated carbocycles. The van der Waals surface area contributed by atoms with Crippen molar-refractivity contribution in [3.05, 3.63) is 41.0 Å². The first-order valence-corrected chi connectivity index (χ1v) is 8.56. The summed E-state index contributed by atoms with van der Waals surface area (Å²) in [6, 6.07) is 10.6. The summed E-state index contributed by atoms with van der Waals surface area (Å²) in [4.78, 5) is 0. The van der Waals surface area contributed by atoms with Crippen molar-refractivity contribution in [2.24, 2.45) is 0 Å². The van der Waals surface area contributed by atoms with Crippen molar-refractivity contribution in [2.45, 2.75) is 51.2 Å². The summed E-state index contributed by atoms with van der Waals surface area (Å²) in [6.45, 7) is 1.44. The van der Waals surface area contributed by atoms with E-state index in [4.69, 9.17) is 16.9 Å².